The highest BCUT2D eigenvalue weighted by Gasteiger charge is 2.14. The van der Waals surface area contributed by atoms with Crippen molar-refractivity contribution in [3.8, 4) is 0 Å². The highest BCUT2D eigenvalue weighted by atomic mass is 35.5. The number of halogens is 1. The minimum absolute atomic E-state index is 0.451. The normalized spacial score (nSPS) is 14.0. The smallest absolute Gasteiger partial charge is 0.135 e. The van der Waals surface area contributed by atoms with Gasteiger partial charge in [0.15, 0.2) is 0 Å². The Morgan fingerprint density at radius 3 is 2.93 bits per heavy atom. The number of rotatable bonds is 1. The summed E-state index contributed by atoms with van der Waals surface area (Å²) in [5, 5.41) is 15.7. The van der Waals surface area contributed by atoms with E-state index in [-0.39, 0.29) is 0 Å². The molecule has 0 aromatic heterocycles. The molecule has 5 heteroatoms. The molecule has 1 aromatic rings. The van der Waals surface area contributed by atoms with Crippen LogP contribution in [0.25, 0.3) is 0 Å². The van der Waals surface area contributed by atoms with E-state index < -0.39 is 0 Å². The maximum atomic E-state index is 11.3. The van der Waals surface area contributed by atoms with Crippen LogP contribution in [0.3, 0.4) is 0 Å². The summed E-state index contributed by atoms with van der Waals surface area (Å²) in [6.07, 6.45) is 0. The van der Waals surface area contributed by atoms with Crippen molar-refractivity contribution in [2.24, 2.45) is 4.99 Å². The van der Waals surface area contributed by atoms with E-state index in [4.69, 9.17) is 11.6 Å². The summed E-state index contributed by atoms with van der Waals surface area (Å²) in [6, 6.07) is 3.67. The third-order valence-corrected chi connectivity index (χ3v) is 2.71. The predicted molar refractivity (Wildman–Crippen MR) is 63.8 cm³/mol. The average Bonchev–Trinajstić information content (AvgIpc) is 2.16. The number of hydrogen-bond acceptors (Lipinski definition) is 4. The first-order chi connectivity index (χ1) is 7.09. The number of fused-ring (bicyclic) bond motifs is 1. The van der Waals surface area contributed by atoms with E-state index in [1.807, 2.05) is 13.0 Å². The molecule has 1 N–H and O–H groups in total. The number of aliphatic imine (C=N–C) groups is 1. The molecule has 1 aliphatic rings. The zero-order valence-electron chi connectivity index (χ0n) is 8.54. The van der Waals surface area contributed by atoms with Gasteiger partial charge < -0.3 is 15.6 Å². The summed E-state index contributed by atoms with van der Waals surface area (Å²) in [6.45, 7) is 2.38. The van der Waals surface area contributed by atoms with Crippen molar-refractivity contribution in [2.45, 2.75) is 6.92 Å². The van der Waals surface area contributed by atoms with Crippen molar-refractivity contribution in [2.75, 3.05) is 24.1 Å². The number of nitrogens with zero attached hydrogens (tertiary/aromatic N) is 2. The molecule has 80 valence electrons. The molecular weight excluding hydrogens is 214 g/mol. The van der Waals surface area contributed by atoms with Gasteiger partial charge in [0, 0.05) is 16.9 Å². The molecule has 0 spiro atoms. The van der Waals surface area contributed by atoms with Crippen LogP contribution in [-0.2, 0) is 0 Å². The summed E-state index contributed by atoms with van der Waals surface area (Å²) in [5.41, 5.74) is 3.25. The zero-order chi connectivity index (χ0) is 11.0. The minimum atomic E-state index is 0.451. The molecule has 0 aliphatic carbocycles. The van der Waals surface area contributed by atoms with Crippen LogP contribution in [0.2, 0.25) is 0 Å². The highest BCUT2D eigenvalue weighted by Crippen LogP contribution is 2.29. The van der Waals surface area contributed by atoms with Gasteiger partial charge in [-0.05, 0) is 31.7 Å². The van der Waals surface area contributed by atoms with Gasteiger partial charge in [0.05, 0.1) is 0 Å². The SMILES string of the molecule is Cc1cc2c(cc1N(C)[O-])C(Cl)=NCN2. The van der Waals surface area contributed by atoms with Gasteiger partial charge >= 0.3 is 0 Å². The van der Waals surface area contributed by atoms with Gasteiger partial charge in [-0.2, -0.15) is 0 Å². The molecule has 2 rings (SSSR count). The zero-order valence-corrected chi connectivity index (χ0v) is 9.30. The maximum Gasteiger partial charge on any atom is 0.135 e. The van der Waals surface area contributed by atoms with Crippen LogP contribution in [-0.4, -0.2) is 18.9 Å². The van der Waals surface area contributed by atoms with Crippen molar-refractivity contribution in [1.29, 1.82) is 0 Å². The summed E-state index contributed by atoms with van der Waals surface area (Å²) in [7, 11) is 1.47. The van der Waals surface area contributed by atoms with E-state index in [1.54, 1.807) is 6.07 Å². The Morgan fingerprint density at radius 2 is 2.27 bits per heavy atom. The van der Waals surface area contributed by atoms with Gasteiger partial charge in [-0.1, -0.05) is 11.6 Å². The lowest BCUT2D eigenvalue weighted by Crippen LogP contribution is -2.15. The molecule has 1 aliphatic heterocycles. The van der Waals surface area contributed by atoms with Gasteiger partial charge in [0.2, 0.25) is 0 Å². The monoisotopic (exact) mass is 224 g/mol. The number of benzene rings is 1. The van der Waals surface area contributed by atoms with Gasteiger partial charge in [-0.15, -0.1) is 0 Å². The first-order valence-electron chi connectivity index (χ1n) is 4.59. The largest absolute Gasteiger partial charge is 0.758 e. The molecule has 0 atom stereocenters. The van der Waals surface area contributed by atoms with Gasteiger partial charge in [-0.25, -0.2) is 0 Å². The van der Waals surface area contributed by atoms with Crippen molar-refractivity contribution < 1.29 is 0 Å². The summed E-state index contributed by atoms with van der Waals surface area (Å²) in [4.78, 5) is 4.05. The maximum absolute atomic E-state index is 11.3. The van der Waals surface area contributed by atoms with Crippen LogP contribution in [0.1, 0.15) is 11.1 Å². The van der Waals surface area contributed by atoms with E-state index in [1.165, 1.54) is 7.05 Å². The summed E-state index contributed by atoms with van der Waals surface area (Å²) in [5.74, 6) is 0. The number of nitrogens with one attached hydrogen (secondary N) is 1. The second-order valence-corrected chi connectivity index (χ2v) is 3.82. The average molecular weight is 225 g/mol. The molecule has 0 bridgehead atoms. The second-order valence-electron chi connectivity index (χ2n) is 3.47. The Labute approximate surface area is 93.1 Å². The Balaban J connectivity index is 2.57. The van der Waals surface area contributed by atoms with Crippen molar-refractivity contribution in [3.63, 3.8) is 0 Å². The van der Waals surface area contributed by atoms with Gasteiger partial charge in [0.1, 0.15) is 11.8 Å². The fourth-order valence-corrected chi connectivity index (χ4v) is 1.85. The number of hydroxylamine groups is 1. The molecule has 0 unspecified atom stereocenters. The molecule has 0 radical (unpaired) electrons. The quantitative estimate of drug-likeness (QED) is 0.745. The van der Waals surface area contributed by atoms with E-state index >= 15 is 0 Å². The molecule has 4 nitrogen and oxygen atoms in total. The minimum Gasteiger partial charge on any atom is -0.758 e. The molecule has 1 heterocycles. The first-order valence-corrected chi connectivity index (χ1v) is 4.97. The molecule has 15 heavy (non-hydrogen) atoms. The molecule has 0 fully saturated rings. The van der Waals surface area contributed by atoms with Gasteiger partial charge in [-0.3, -0.25) is 4.99 Å². The van der Waals surface area contributed by atoms with Crippen LogP contribution in [0.15, 0.2) is 17.1 Å². The van der Waals surface area contributed by atoms with Crippen molar-refractivity contribution >= 4 is 28.1 Å². The summed E-state index contributed by atoms with van der Waals surface area (Å²) >= 11 is 5.97. The van der Waals surface area contributed by atoms with Crippen LogP contribution in [0.4, 0.5) is 11.4 Å². The third kappa shape index (κ3) is 1.78. The van der Waals surface area contributed by atoms with E-state index in [0.29, 0.717) is 17.5 Å². The third-order valence-electron chi connectivity index (χ3n) is 2.38. The predicted octanol–water partition coefficient (Wildman–Crippen LogP) is 2.30. The van der Waals surface area contributed by atoms with E-state index in [9.17, 15) is 5.21 Å². The van der Waals surface area contributed by atoms with E-state index in [2.05, 4.69) is 10.3 Å². The Morgan fingerprint density at radius 1 is 1.53 bits per heavy atom. The lowest BCUT2D eigenvalue weighted by atomic mass is 10.1. The topological polar surface area (TPSA) is 50.7 Å². The number of hydrogen-bond donors (Lipinski definition) is 1. The standard InChI is InChI=1S/C10H11ClN3O/c1-6-3-8-7(4-9(6)14(2)15)10(11)13-5-12-8/h3-4,12H,5H2,1-2H3/q-1. The number of aryl methyl sites for hydroxylation is 1. The van der Waals surface area contributed by atoms with E-state index in [0.717, 1.165) is 21.9 Å². The van der Waals surface area contributed by atoms with Crippen molar-refractivity contribution in [3.05, 3.63) is 28.5 Å². The number of anilines is 2. The molecule has 0 saturated carbocycles. The molecule has 1 aromatic carbocycles. The Hall–Kier alpha value is -1.26. The Kier molecular flexibility index (Phi) is 2.54. The molecular formula is C10H11ClN3O-. The van der Waals surface area contributed by atoms with Crippen LogP contribution in [0, 0.1) is 12.1 Å². The second kappa shape index (κ2) is 3.72. The first kappa shape index (κ1) is 10.3. The highest BCUT2D eigenvalue weighted by molar-refractivity contribution is 6.70. The Bertz CT molecular complexity index is 429. The molecule has 0 saturated heterocycles. The lowest BCUT2D eigenvalue weighted by Gasteiger charge is -2.28. The van der Waals surface area contributed by atoms with Crippen LogP contribution < -0.4 is 10.4 Å². The fourth-order valence-electron chi connectivity index (χ4n) is 1.63. The van der Waals surface area contributed by atoms with Crippen LogP contribution in [0.5, 0.6) is 0 Å². The lowest BCUT2D eigenvalue weighted by molar-refractivity contribution is 1.11. The van der Waals surface area contributed by atoms with Crippen molar-refractivity contribution in [1.82, 2.24) is 0 Å². The van der Waals surface area contributed by atoms with Gasteiger partial charge in [0.25, 0.3) is 0 Å². The van der Waals surface area contributed by atoms with Crippen LogP contribution >= 0.6 is 11.6 Å². The molecule has 0 amide bonds. The summed E-state index contributed by atoms with van der Waals surface area (Å²) < 4.78 is 0. The fraction of sp³-hybridized carbons (Fsp3) is 0.300.